The fraction of sp³-hybridized carbons (Fsp3) is 0.318. The van der Waals surface area contributed by atoms with Gasteiger partial charge in [0.05, 0.1) is 11.1 Å². The molecule has 3 rings (SSSR count). The summed E-state index contributed by atoms with van der Waals surface area (Å²) >= 11 is 0. The van der Waals surface area contributed by atoms with Crippen LogP contribution in [0.5, 0.6) is 0 Å². The Kier molecular flexibility index (Phi) is 4.87. The maximum Gasteiger partial charge on any atom is 0.258 e. The van der Waals surface area contributed by atoms with E-state index >= 15 is 0 Å². The molecule has 1 aromatic heterocycles. The van der Waals surface area contributed by atoms with Crippen LogP contribution in [-0.4, -0.2) is 23.1 Å². The highest BCUT2D eigenvalue weighted by molar-refractivity contribution is 6.09. The lowest BCUT2D eigenvalue weighted by Crippen LogP contribution is -2.27. The van der Waals surface area contributed by atoms with Crippen molar-refractivity contribution >= 4 is 11.6 Å². The Bertz CT molecular complexity index is 983. The molecule has 5 heteroatoms. The molecular formula is C22H25N3O2. The van der Waals surface area contributed by atoms with E-state index in [0.717, 1.165) is 16.8 Å². The van der Waals surface area contributed by atoms with Gasteiger partial charge in [-0.3, -0.25) is 4.79 Å². The molecule has 140 valence electrons. The van der Waals surface area contributed by atoms with E-state index in [1.54, 1.807) is 18.0 Å². The zero-order chi connectivity index (χ0) is 19.8. The highest BCUT2D eigenvalue weighted by atomic mass is 16.5. The second kappa shape index (κ2) is 6.99. The first-order valence-electron chi connectivity index (χ1n) is 8.97. The summed E-state index contributed by atoms with van der Waals surface area (Å²) in [6.07, 6.45) is 0. The van der Waals surface area contributed by atoms with E-state index in [0.29, 0.717) is 22.8 Å². The molecule has 3 aromatic rings. The fourth-order valence-corrected chi connectivity index (χ4v) is 2.97. The number of anilines is 1. The predicted molar refractivity (Wildman–Crippen MR) is 107 cm³/mol. The number of amides is 1. The average molecular weight is 363 g/mol. The lowest BCUT2D eigenvalue weighted by molar-refractivity contribution is 0.0993. The van der Waals surface area contributed by atoms with Crippen molar-refractivity contribution in [3.05, 3.63) is 65.0 Å². The fourth-order valence-electron chi connectivity index (χ4n) is 2.97. The Hall–Kier alpha value is -2.95. The molecule has 0 bridgehead atoms. The van der Waals surface area contributed by atoms with Gasteiger partial charge in [0.1, 0.15) is 0 Å². The molecule has 0 spiro atoms. The SMILES string of the molecule is Cc1ccc(N(C)C(=O)c2ccccc2-c2nc(C(C)(C)C)no2)c(C)c1. The summed E-state index contributed by atoms with van der Waals surface area (Å²) in [5.74, 6) is 0.855. The summed E-state index contributed by atoms with van der Waals surface area (Å²) in [6.45, 7) is 10.1. The van der Waals surface area contributed by atoms with Crippen LogP contribution >= 0.6 is 0 Å². The number of carbonyl (C=O) groups is 1. The average Bonchev–Trinajstić information content (AvgIpc) is 3.11. The van der Waals surface area contributed by atoms with Crippen LogP contribution in [0.2, 0.25) is 0 Å². The number of hydrogen-bond donors (Lipinski definition) is 0. The number of carbonyl (C=O) groups excluding carboxylic acids is 1. The van der Waals surface area contributed by atoms with Gasteiger partial charge in [0.2, 0.25) is 0 Å². The highest BCUT2D eigenvalue weighted by Crippen LogP contribution is 2.28. The van der Waals surface area contributed by atoms with Crippen LogP contribution in [0.3, 0.4) is 0 Å². The van der Waals surface area contributed by atoms with Crippen LogP contribution in [0.15, 0.2) is 47.0 Å². The van der Waals surface area contributed by atoms with Crippen molar-refractivity contribution in [1.82, 2.24) is 10.1 Å². The van der Waals surface area contributed by atoms with Gasteiger partial charge < -0.3 is 9.42 Å². The van der Waals surface area contributed by atoms with Crippen molar-refractivity contribution < 1.29 is 9.32 Å². The molecule has 0 saturated heterocycles. The Morgan fingerprint density at radius 3 is 2.41 bits per heavy atom. The van der Waals surface area contributed by atoms with Crippen molar-refractivity contribution in [1.29, 1.82) is 0 Å². The minimum absolute atomic E-state index is 0.118. The molecule has 0 saturated carbocycles. The molecule has 0 atom stereocenters. The van der Waals surface area contributed by atoms with Gasteiger partial charge in [-0.25, -0.2) is 0 Å². The van der Waals surface area contributed by atoms with E-state index in [1.165, 1.54) is 0 Å². The van der Waals surface area contributed by atoms with E-state index < -0.39 is 0 Å². The molecule has 5 nitrogen and oxygen atoms in total. The van der Waals surface area contributed by atoms with Crippen LogP contribution in [0.25, 0.3) is 11.5 Å². The van der Waals surface area contributed by atoms with E-state index in [9.17, 15) is 4.79 Å². The maximum atomic E-state index is 13.2. The molecule has 27 heavy (non-hydrogen) atoms. The lowest BCUT2D eigenvalue weighted by Gasteiger charge is -2.21. The smallest absolute Gasteiger partial charge is 0.258 e. The second-order valence-corrected chi connectivity index (χ2v) is 7.87. The van der Waals surface area contributed by atoms with Crippen molar-refractivity contribution in [3.63, 3.8) is 0 Å². The molecular weight excluding hydrogens is 338 g/mol. The van der Waals surface area contributed by atoms with Gasteiger partial charge in [-0.2, -0.15) is 4.98 Å². The molecule has 0 radical (unpaired) electrons. The van der Waals surface area contributed by atoms with Gasteiger partial charge in [0.15, 0.2) is 5.82 Å². The van der Waals surface area contributed by atoms with Crippen LogP contribution in [0.4, 0.5) is 5.69 Å². The monoisotopic (exact) mass is 363 g/mol. The van der Waals surface area contributed by atoms with E-state index in [4.69, 9.17) is 4.52 Å². The minimum Gasteiger partial charge on any atom is -0.334 e. The first-order valence-corrected chi connectivity index (χ1v) is 8.97. The minimum atomic E-state index is -0.226. The van der Waals surface area contributed by atoms with E-state index in [-0.39, 0.29) is 11.3 Å². The van der Waals surface area contributed by atoms with Crippen LogP contribution in [-0.2, 0) is 5.41 Å². The predicted octanol–water partition coefficient (Wildman–Crippen LogP) is 4.93. The Labute approximate surface area is 160 Å². The summed E-state index contributed by atoms with van der Waals surface area (Å²) in [7, 11) is 1.78. The third-order valence-electron chi connectivity index (χ3n) is 4.50. The number of nitrogens with zero attached hydrogens (tertiary/aromatic N) is 3. The molecule has 1 heterocycles. The van der Waals surface area contributed by atoms with Gasteiger partial charge in [-0.15, -0.1) is 0 Å². The molecule has 1 amide bonds. The summed E-state index contributed by atoms with van der Waals surface area (Å²) in [4.78, 5) is 19.4. The van der Waals surface area contributed by atoms with Gasteiger partial charge in [0.25, 0.3) is 11.8 Å². The standard InChI is InChI=1S/C22H25N3O2/c1-14-11-12-18(15(2)13-14)25(6)20(26)17-10-8-7-9-16(17)19-23-21(24-27-19)22(3,4)5/h7-13H,1-6H3. The number of aryl methyl sites for hydroxylation is 2. The number of rotatable bonds is 3. The van der Waals surface area contributed by atoms with Gasteiger partial charge in [-0.1, -0.05) is 55.8 Å². The number of hydrogen-bond acceptors (Lipinski definition) is 4. The van der Waals surface area contributed by atoms with E-state index in [2.05, 4.69) is 16.2 Å². The number of benzene rings is 2. The van der Waals surface area contributed by atoms with E-state index in [1.807, 2.05) is 65.0 Å². The molecule has 0 N–H and O–H groups in total. The van der Waals surface area contributed by atoms with Crippen molar-refractivity contribution in [3.8, 4) is 11.5 Å². The third-order valence-corrected chi connectivity index (χ3v) is 4.50. The van der Waals surface area contributed by atoms with Crippen molar-refractivity contribution in [2.24, 2.45) is 0 Å². The van der Waals surface area contributed by atoms with Crippen molar-refractivity contribution in [2.75, 3.05) is 11.9 Å². The molecule has 0 aliphatic rings. The maximum absolute atomic E-state index is 13.2. The summed E-state index contributed by atoms with van der Waals surface area (Å²) in [6, 6.07) is 13.4. The van der Waals surface area contributed by atoms with Crippen LogP contribution in [0, 0.1) is 13.8 Å². The number of aromatic nitrogens is 2. The molecule has 0 unspecified atom stereocenters. The molecule has 0 aliphatic carbocycles. The summed E-state index contributed by atoms with van der Waals surface area (Å²) in [5.41, 5.74) is 4.04. The summed E-state index contributed by atoms with van der Waals surface area (Å²) in [5, 5.41) is 4.08. The quantitative estimate of drug-likeness (QED) is 0.662. The Morgan fingerprint density at radius 2 is 1.78 bits per heavy atom. The normalized spacial score (nSPS) is 11.5. The molecule has 0 aliphatic heterocycles. The molecule has 2 aromatic carbocycles. The van der Waals surface area contributed by atoms with Crippen molar-refractivity contribution in [2.45, 2.75) is 40.0 Å². The highest BCUT2D eigenvalue weighted by Gasteiger charge is 2.25. The van der Waals surface area contributed by atoms with Gasteiger partial charge in [0, 0.05) is 18.2 Å². The Balaban J connectivity index is 2.00. The second-order valence-electron chi connectivity index (χ2n) is 7.87. The first-order chi connectivity index (χ1) is 12.7. The van der Waals surface area contributed by atoms with Crippen LogP contribution in [0.1, 0.15) is 48.1 Å². The third kappa shape index (κ3) is 3.77. The lowest BCUT2D eigenvalue weighted by atomic mass is 9.96. The largest absolute Gasteiger partial charge is 0.334 e. The van der Waals surface area contributed by atoms with Gasteiger partial charge >= 0.3 is 0 Å². The zero-order valence-electron chi connectivity index (χ0n) is 16.7. The summed E-state index contributed by atoms with van der Waals surface area (Å²) < 4.78 is 5.46. The first kappa shape index (κ1) is 18.8. The molecule has 0 fully saturated rings. The topological polar surface area (TPSA) is 59.2 Å². The Morgan fingerprint density at radius 1 is 1.07 bits per heavy atom. The van der Waals surface area contributed by atoms with Crippen LogP contribution < -0.4 is 4.90 Å². The van der Waals surface area contributed by atoms with Gasteiger partial charge in [-0.05, 0) is 37.6 Å². The zero-order valence-corrected chi connectivity index (χ0v) is 16.7.